The largest absolute Gasteiger partial charge is 0.480 e. The van der Waals surface area contributed by atoms with Crippen molar-refractivity contribution in [1.29, 1.82) is 0 Å². The predicted octanol–water partition coefficient (Wildman–Crippen LogP) is 1.12. The summed E-state index contributed by atoms with van der Waals surface area (Å²) in [4.78, 5) is 49.2. The zero-order valence-corrected chi connectivity index (χ0v) is 14.9. The third-order valence-corrected chi connectivity index (χ3v) is 6.19. The molecule has 0 saturated carbocycles. The van der Waals surface area contributed by atoms with Gasteiger partial charge in [-0.05, 0) is 19.4 Å². The Kier molecular flexibility index (Phi) is 5.55. The summed E-state index contributed by atoms with van der Waals surface area (Å²) in [5, 5.41) is 20.8. The van der Waals surface area contributed by atoms with E-state index in [0.29, 0.717) is 5.56 Å². The van der Waals surface area contributed by atoms with E-state index in [1.165, 1.54) is 28.8 Å². The molecule has 0 spiro atoms. The highest BCUT2D eigenvalue weighted by Crippen LogP contribution is 2.50. The first-order chi connectivity index (χ1) is 12.1. The Morgan fingerprint density at radius 3 is 2.30 bits per heavy atom. The predicted molar refractivity (Wildman–Crippen MR) is 99.2 cm³/mol. The van der Waals surface area contributed by atoms with Gasteiger partial charge in [0.1, 0.15) is 17.5 Å². The summed E-state index contributed by atoms with van der Waals surface area (Å²) < 4.78 is -0.711. The Balaban J connectivity index is 0.00000261. The van der Waals surface area contributed by atoms with E-state index in [1.54, 1.807) is 32.0 Å². The molecule has 0 radical (unpaired) electrons. The first-order valence-electron chi connectivity index (χ1n) is 7.96. The Hall–Kier alpha value is -2.55. The normalized spacial score (nSPS) is 26.2. The van der Waals surface area contributed by atoms with Crippen molar-refractivity contribution >= 4 is 35.5 Å². The number of amides is 2. The fourth-order valence-corrected chi connectivity index (χ4v) is 5.06. The molecule has 8 nitrogen and oxygen atoms in total. The topological polar surface area (TPSA) is 124 Å². The molecule has 2 saturated heterocycles. The van der Waals surface area contributed by atoms with E-state index in [-0.39, 0.29) is 7.43 Å². The van der Waals surface area contributed by atoms with Gasteiger partial charge < -0.3 is 20.4 Å². The van der Waals surface area contributed by atoms with Gasteiger partial charge in [-0.2, -0.15) is 0 Å². The van der Waals surface area contributed by atoms with Crippen LogP contribution in [0.25, 0.3) is 0 Å². The number of hydrogen-bond donors (Lipinski definition) is 3. The number of thioether (sulfide) groups is 1. The van der Waals surface area contributed by atoms with Crippen molar-refractivity contribution in [2.45, 2.75) is 49.4 Å². The second-order valence-electron chi connectivity index (χ2n) is 6.77. The number of fused-ring (bicyclic) bond motifs is 1. The van der Waals surface area contributed by atoms with Crippen LogP contribution in [0.15, 0.2) is 30.3 Å². The van der Waals surface area contributed by atoms with Crippen molar-refractivity contribution in [3.8, 4) is 0 Å². The van der Waals surface area contributed by atoms with E-state index in [9.17, 15) is 29.4 Å². The van der Waals surface area contributed by atoms with Gasteiger partial charge in [-0.1, -0.05) is 37.8 Å². The van der Waals surface area contributed by atoms with Gasteiger partial charge in [-0.3, -0.25) is 14.4 Å². The van der Waals surface area contributed by atoms with Gasteiger partial charge in [-0.15, -0.1) is 11.8 Å². The molecular formula is C18H22N2O6S. The molecule has 3 N–H and O–H groups in total. The number of carbonyl (C=O) groups is 4. The maximum absolute atomic E-state index is 12.5. The smallest absolute Gasteiger partial charge is 0.327 e. The number of benzene rings is 1. The van der Waals surface area contributed by atoms with E-state index in [2.05, 4.69) is 5.32 Å². The van der Waals surface area contributed by atoms with Crippen LogP contribution in [-0.4, -0.2) is 61.1 Å². The van der Waals surface area contributed by atoms with E-state index in [4.69, 9.17) is 0 Å². The molecule has 2 heterocycles. The zero-order chi connectivity index (χ0) is 19.2. The monoisotopic (exact) mass is 394 g/mol. The van der Waals surface area contributed by atoms with Crippen LogP contribution in [0.4, 0.5) is 0 Å². The van der Waals surface area contributed by atoms with Crippen LogP contribution in [0.3, 0.4) is 0 Å². The second kappa shape index (κ2) is 7.22. The maximum atomic E-state index is 12.5. The third-order valence-electron chi connectivity index (χ3n) is 4.61. The van der Waals surface area contributed by atoms with Crippen molar-refractivity contribution in [3.63, 3.8) is 0 Å². The Morgan fingerprint density at radius 1 is 1.19 bits per heavy atom. The minimum Gasteiger partial charge on any atom is -0.480 e. The van der Waals surface area contributed by atoms with Crippen molar-refractivity contribution in [1.82, 2.24) is 10.2 Å². The maximum Gasteiger partial charge on any atom is 0.327 e. The minimum atomic E-state index is -1.44. The van der Waals surface area contributed by atoms with Crippen LogP contribution >= 0.6 is 11.8 Å². The second-order valence-corrected chi connectivity index (χ2v) is 8.54. The molecule has 0 aromatic heterocycles. The van der Waals surface area contributed by atoms with Crippen molar-refractivity contribution in [3.05, 3.63) is 35.9 Å². The van der Waals surface area contributed by atoms with Gasteiger partial charge in [0.15, 0.2) is 5.92 Å². The number of carbonyl (C=O) groups excluding carboxylic acids is 2. The summed E-state index contributed by atoms with van der Waals surface area (Å²) in [6.07, 6.45) is 0. The summed E-state index contributed by atoms with van der Waals surface area (Å²) in [5.74, 6) is -5.16. The lowest BCUT2D eigenvalue weighted by Crippen LogP contribution is -2.71. The standard InChI is InChI=1S/C17H18N2O6S.CH4/c1-17(2)11(16(24)25)19-13(21)10(14(19)26-17)18-12(20)9(15(22)23)8-6-4-3-5-7-8;/h3-7,9-11,14H,1-2H3,(H,18,20)(H,22,23)(H,24,25);1H4/t9?,10-,11+,14-;/m1./s1. The Bertz CT molecular complexity index is 781. The van der Waals surface area contributed by atoms with E-state index in [1.807, 2.05) is 0 Å². The van der Waals surface area contributed by atoms with E-state index >= 15 is 0 Å². The van der Waals surface area contributed by atoms with Gasteiger partial charge in [0.25, 0.3) is 0 Å². The molecule has 3 rings (SSSR count). The summed E-state index contributed by atoms with van der Waals surface area (Å²) >= 11 is 1.29. The number of hydrogen-bond acceptors (Lipinski definition) is 5. The summed E-state index contributed by atoms with van der Waals surface area (Å²) in [5.41, 5.74) is 0.309. The summed E-state index contributed by atoms with van der Waals surface area (Å²) in [7, 11) is 0. The van der Waals surface area contributed by atoms with Crippen LogP contribution < -0.4 is 5.32 Å². The lowest BCUT2D eigenvalue weighted by Gasteiger charge is -2.43. The molecule has 2 amide bonds. The van der Waals surface area contributed by atoms with E-state index in [0.717, 1.165) is 0 Å². The van der Waals surface area contributed by atoms with Gasteiger partial charge in [0, 0.05) is 4.75 Å². The molecular weight excluding hydrogens is 372 g/mol. The lowest BCUT2D eigenvalue weighted by molar-refractivity contribution is -0.161. The number of aliphatic carboxylic acids is 2. The fraction of sp³-hybridized carbons (Fsp3) is 0.444. The molecule has 146 valence electrons. The highest BCUT2D eigenvalue weighted by atomic mass is 32.2. The molecule has 9 heteroatoms. The lowest BCUT2D eigenvalue weighted by atomic mass is 9.94. The van der Waals surface area contributed by atoms with Gasteiger partial charge in [0.05, 0.1) is 0 Å². The molecule has 1 aromatic rings. The average Bonchev–Trinajstić information content (AvgIpc) is 2.82. The molecule has 1 unspecified atom stereocenters. The van der Waals surface area contributed by atoms with Gasteiger partial charge >= 0.3 is 11.9 Å². The molecule has 2 aliphatic rings. The van der Waals surface area contributed by atoms with Crippen molar-refractivity contribution < 1.29 is 29.4 Å². The molecule has 2 fully saturated rings. The summed E-state index contributed by atoms with van der Waals surface area (Å²) in [6, 6.07) is 6.10. The fourth-order valence-electron chi connectivity index (χ4n) is 3.43. The number of rotatable bonds is 5. The molecule has 0 bridgehead atoms. The SMILES string of the molecule is C.CC1(C)S[C@@H]2[C@H](NC(=O)C(C(=O)O)c3ccccc3)C(=O)N2[C@H]1C(=O)O. The molecule has 27 heavy (non-hydrogen) atoms. The summed E-state index contributed by atoms with van der Waals surface area (Å²) in [6.45, 7) is 3.45. The van der Waals surface area contributed by atoms with Crippen molar-refractivity contribution in [2.75, 3.05) is 0 Å². The number of carboxylic acid groups (broad SMARTS) is 2. The van der Waals surface area contributed by atoms with Gasteiger partial charge in [0.2, 0.25) is 11.8 Å². The Labute approximate surface area is 160 Å². The number of carboxylic acids is 2. The van der Waals surface area contributed by atoms with Crippen LogP contribution in [0, 0.1) is 0 Å². The van der Waals surface area contributed by atoms with Gasteiger partial charge in [-0.25, -0.2) is 4.79 Å². The average molecular weight is 394 g/mol. The third kappa shape index (κ3) is 3.39. The first-order valence-corrected chi connectivity index (χ1v) is 8.84. The first kappa shape index (κ1) is 20.8. The number of β-lactam (4-membered cyclic amide) rings is 1. The molecule has 1 aromatic carbocycles. The molecule has 0 aliphatic carbocycles. The Morgan fingerprint density at radius 2 is 1.78 bits per heavy atom. The highest BCUT2D eigenvalue weighted by Gasteiger charge is 2.64. The zero-order valence-electron chi connectivity index (χ0n) is 14.1. The minimum absolute atomic E-state index is 0. The van der Waals surface area contributed by atoms with Crippen LogP contribution in [0.5, 0.6) is 0 Å². The quantitative estimate of drug-likeness (QED) is 0.505. The van der Waals surface area contributed by atoms with Crippen LogP contribution in [0.1, 0.15) is 32.8 Å². The number of nitrogens with zero attached hydrogens (tertiary/aromatic N) is 1. The molecule has 4 atom stereocenters. The van der Waals surface area contributed by atoms with Crippen LogP contribution in [-0.2, 0) is 19.2 Å². The molecule has 2 aliphatic heterocycles. The van der Waals surface area contributed by atoms with Crippen LogP contribution in [0.2, 0.25) is 0 Å². The van der Waals surface area contributed by atoms with E-state index < -0.39 is 51.9 Å². The number of nitrogens with one attached hydrogen (secondary N) is 1. The van der Waals surface area contributed by atoms with Crippen molar-refractivity contribution in [2.24, 2.45) is 0 Å². The highest BCUT2D eigenvalue weighted by molar-refractivity contribution is 8.01.